The molecule has 1 atom stereocenters. The van der Waals surface area contributed by atoms with E-state index in [-0.39, 0.29) is 12.0 Å². The fourth-order valence-corrected chi connectivity index (χ4v) is 3.26. The zero-order valence-corrected chi connectivity index (χ0v) is 16.6. The van der Waals surface area contributed by atoms with E-state index in [9.17, 15) is 4.79 Å². The first-order valence-electron chi connectivity index (χ1n) is 9.68. The third-order valence-electron chi connectivity index (χ3n) is 5.04. The van der Waals surface area contributed by atoms with Crippen molar-refractivity contribution in [1.29, 1.82) is 0 Å². The van der Waals surface area contributed by atoms with Gasteiger partial charge in [-0.2, -0.15) is 0 Å². The molecule has 1 heterocycles. The average molecular weight is 383 g/mol. The predicted molar refractivity (Wildman–Crippen MR) is 111 cm³/mol. The lowest BCUT2D eigenvalue weighted by atomic mass is 10.1. The summed E-state index contributed by atoms with van der Waals surface area (Å²) in [6, 6.07) is 14.4. The summed E-state index contributed by atoms with van der Waals surface area (Å²) in [7, 11) is 3.76. The molecule has 2 aromatic rings. The van der Waals surface area contributed by atoms with Crippen molar-refractivity contribution in [3.05, 3.63) is 54.1 Å². The Balaban J connectivity index is 1.49. The SMILES string of the molecule is COc1ccc(CC(N)C(=O)Nc2ccc(OC3CCN(C)CC3)cc2)cc1. The molecule has 0 aliphatic carbocycles. The number of amides is 1. The Morgan fingerprint density at radius 1 is 1.11 bits per heavy atom. The molecule has 1 aliphatic heterocycles. The lowest BCUT2D eigenvalue weighted by Gasteiger charge is -2.29. The fraction of sp³-hybridized carbons (Fsp3) is 0.409. The number of nitrogens with zero attached hydrogens (tertiary/aromatic N) is 1. The van der Waals surface area contributed by atoms with Crippen LogP contribution < -0.4 is 20.5 Å². The Morgan fingerprint density at radius 2 is 1.71 bits per heavy atom. The number of hydrogen-bond donors (Lipinski definition) is 2. The summed E-state index contributed by atoms with van der Waals surface area (Å²) < 4.78 is 11.2. The van der Waals surface area contributed by atoms with E-state index in [2.05, 4.69) is 17.3 Å². The number of hydrogen-bond acceptors (Lipinski definition) is 5. The maximum Gasteiger partial charge on any atom is 0.241 e. The Labute approximate surface area is 166 Å². The van der Waals surface area contributed by atoms with Gasteiger partial charge in [-0.15, -0.1) is 0 Å². The van der Waals surface area contributed by atoms with E-state index < -0.39 is 6.04 Å². The van der Waals surface area contributed by atoms with E-state index in [0.717, 1.165) is 43.0 Å². The minimum absolute atomic E-state index is 0.209. The molecule has 6 nitrogen and oxygen atoms in total. The highest BCUT2D eigenvalue weighted by Crippen LogP contribution is 2.21. The summed E-state index contributed by atoms with van der Waals surface area (Å²) in [5, 5.41) is 2.87. The van der Waals surface area contributed by atoms with Gasteiger partial charge in [0.2, 0.25) is 5.91 Å². The summed E-state index contributed by atoms with van der Waals surface area (Å²) in [6.07, 6.45) is 2.80. The monoisotopic (exact) mass is 383 g/mol. The third kappa shape index (κ3) is 5.71. The normalized spacial score (nSPS) is 16.4. The maximum absolute atomic E-state index is 12.4. The maximum atomic E-state index is 12.4. The number of nitrogens with one attached hydrogen (secondary N) is 1. The van der Waals surface area contributed by atoms with Crippen LogP contribution in [0.3, 0.4) is 0 Å². The molecule has 1 amide bonds. The molecule has 0 radical (unpaired) electrons. The minimum Gasteiger partial charge on any atom is -0.497 e. The molecule has 0 spiro atoms. The van der Waals surface area contributed by atoms with Crippen molar-refractivity contribution in [3.8, 4) is 11.5 Å². The quantitative estimate of drug-likeness (QED) is 0.769. The van der Waals surface area contributed by atoms with Gasteiger partial charge in [-0.3, -0.25) is 4.79 Å². The molecule has 150 valence electrons. The van der Waals surface area contributed by atoms with Gasteiger partial charge in [0, 0.05) is 18.8 Å². The van der Waals surface area contributed by atoms with E-state index in [0.29, 0.717) is 12.1 Å². The Hall–Kier alpha value is -2.57. The van der Waals surface area contributed by atoms with Crippen LogP contribution in [0.5, 0.6) is 11.5 Å². The number of anilines is 1. The summed E-state index contributed by atoms with van der Waals surface area (Å²) in [6.45, 7) is 2.12. The first-order chi connectivity index (χ1) is 13.5. The van der Waals surface area contributed by atoms with Crippen LogP contribution in [0.4, 0.5) is 5.69 Å². The van der Waals surface area contributed by atoms with E-state index in [1.165, 1.54) is 0 Å². The van der Waals surface area contributed by atoms with Gasteiger partial charge in [0.25, 0.3) is 0 Å². The number of nitrogens with two attached hydrogens (primary N) is 1. The molecule has 2 aromatic carbocycles. The second-order valence-electron chi connectivity index (χ2n) is 7.29. The Morgan fingerprint density at radius 3 is 2.32 bits per heavy atom. The van der Waals surface area contributed by atoms with Gasteiger partial charge in [-0.25, -0.2) is 0 Å². The summed E-state index contributed by atoms with van der Waals surface area (Å²) in [4.78, 5) is 14.7. The molecule has 3 rings (SSSR count). The van der Waals surface area contributed by atoms with E-state index >= 15 is 0 Å². The molecular weight excluding hydrogens is 354 g/mol. The third-order valence-corrected chi connectivity index (χ3v) is 5.04. The van der Waals surface area contributed by atoms with Crippen LogP contribution >= 0.6 is 0 Å². The molecule has 0 saturated carbocycles. The van der Waals surface area contributed by atoms with Gasteiger partial charge in [-0.1, -0.05) is 12.1 Å². The van der Waals surface area contributed by atoms with E-state index in [1.54, 1.807) is 7.11 Å². The van der Waals surface area contributed by atoms with Crippen LogP contribution in [0.25, 0.3) is 0 Å². The van der Waals surface area contributed by atoms with Gasteiger partial charge < -0.3 is 25.4 Å². The van der Waals surface area contributed by atoms with Crippen molar-refractivity contribution in [1.82, 2.24) is 4.90 Å². The number of rotatable bonds is 7. The molecule has 0 aromatic heterocycles. The second-order valence-corrected chi connectivity index (χ2v) is 7.29. The van der Waals surface area contributed by atoms with Gasteiger partial charge >= 0.3 is 0 Å². The highest BCUT2D eigenvalue weighted by molar-refractivity contribution is 5.94. The number of ether oxygens (including phenoxy) is 2. The standard InChI is InChI=1S/C22H29N3O3/c1-25-13-11-20(12-14-25)28-19-9-5-17(6-10-19)24-22(26)21(23)15-16-3-7-18(27-2)8-4-16/h3-10,20-21H,11-15,23H2,1-2H3,(H,24,26). The summed E-state index contributed by atoms with van der Waals surface area (Å²) >= 11 is 0. The largest absolute Gasteiger partial charge is 0.497 e. The van der Waals surface area contributed by atoms with Crippen LogP contribution in [-0.2, 0) is 11.2 Å². The molecule has 1 aliphatic rings. The van der Waals surface area contributed by atoms with Gasteiger partial charge in [0.1, 0.15) is 17.6 Å². The lowest BCUT2D eigenvalue weighted by molar-refractivity contribution is -0.117. The second kappa shape index (κ2) is 9.57. The van der Waals surface area contributed by atoms with Crippen molar-refractivity contribution in [3.63, 3.8) is 0 Å². The van der Waals surface area contributed by atoms with Gasteiger partial charge in [0.15, 0.2) is 0 Å². The zero-order chi connectivity index (χ0) is 19.9. The zero-order valence-electron chi connectivity index (χ0n) is 16.6. The highest BCUT2D eigenvalue weighted by atomic mass is 16.5. The molecular formula is C22H29N3O3. The molecule has 1 fully saturated rings. The highest BCUT2D eigenvalue weighted by Gasteiger charge is 2.18. The number of methoxy groups -OCH3 is 1. The first-order valence-corrected chi connectivity index (χ1v) is 9.68. The Kier molecular flexibility index (Phi) is 6.90. The first kappa shape index (κ1) is 20.2. The fourth-order valence-electron chi connectivity index (χ4n) is 3.26. The number of likely N-dealkylation sites (tertiary alicyclic amines) is 1. The molecule has 1 unspecified atom stereocenters. The smallest absolute Gasteiger partial charge is 0.241 e. The van der Waals surface area contributed by atoms with E-state index in [4.69, 9.17) is 15.2 Å². The number of carbonyl (C=O) groups excluding carboxylic acids is 1. The van der Waals surface area contributed by atoms with Crippen molar-refractivity contribution < 1.29 is 14.3 Å². The molecule has 28 heavy (non-hydrogen) atoms. The lowest BCUT2D eigenvalue weighted by Crippen LogP contribution is -2.37. The van der Waals surface area contributed by atoms with Crippen LogP contribution in [0, 0.1) is 0 Å². The number of carbonyl (C=O) groups is 1. The number of piperidine rings is 1. The molecule has 6 heteroatoms. The predicted octanol–water partition coefficient (Wildman–Crippen LogP) is 2.68. The van der Waals surface area contributed by atoms with Gasteiger partial charge in [0.05, 0.1) is 13.2 Å². The molecule has 0 bridgehead atoms. The van der Waals surface area contributed by atoms with Crippen LogP contribution in [0.1, 0.15) is 18.4 Å². The van der Waals surface area contributed by atoms with Gasteiger partial charge in [-0.05, 0) is 68.3 Å². The molecule has 1 saturated heterocycles. The van der Waals surface area contributed by atoms with Crippen LogP contribution in [0.2, 0.25) is 0 Å². The van der Waals surface area contributed by atoms with Crippen molar-refractivity contribution in [2.75, 3.05) is 32.6 Å². The average Bonchev–Trinajstić information content (AvgIpc) is 2.71. The summed E-state index contributed by atoms with van der Waals surface area (Å²) in [5.74, 6) is 1.40. The summed E-state index contributed by atoms with van der Waals surface area (Å²) in [5.41, 5.74) is 7.77. The van der Waals surface area contributed by atoms with E-state index in [1.807, 2.05) is 48.5 Å². The van der Waals surface area contributed by atoms with Crippen molar-refractivity contribution in [2.45, 2.75) is 31.4 Å². The van der Waals surface area contributed by atoms with Crippen molar-refractivity contribution in [2.24, 2.45) is 5.73 Å². The topological polar surface area (TPSA) is 76.8 Å². The Bertz CT molecular complexity index is 754. The minimum atomic E-state index is -0.622. The van der Waals surface area contributed by atoms with Crippen LogP contribution in [-0.4, -0.2) is 50.2 Å². The number of benzene rings is 2. The van der Waals surface area contributed by atoms with Crippen LogP contribution in [0.15, 0.2) is 48.5 Å². The molecule has 3 N–H and O–H groups in total. The van der Waals surface area contributed by atoms with Crippen molar-refractivity contribution >= 4 is 11.6 Å².